The minimum absolute atomic E-state index is 0.0260. The van der Waals surface area contributed by atoms with Crippen LogP contribution in [0.4, 0.5) is 5.69 Å². The Kier molecular flexibility index (Phi) is 6.20. The number of rotatable bonds is 6. The molecule has 0 saturated carbocycles. The molecule has 33 heavy (non-hydrogen) atoms. The van der Waals surface area contributed by atoms with Gasteiger partial charge in [0.2, 0.25) is 0 Å². The topological polar surface area (TPSA) is 96.3 Å². The van der Waals surface area contributed by atoms with Crippen LogP contribution in [0.5, 0.6) is 5.75 Å². The molecule has 0 fully saturated rings. The van der Waals surface area contributed by atoms with Crippen LogP contribution in [0.2, 0.25) is 0 Å². The van der Waals surface area contributed by atoms with Crippen molar-refractivity contribution in [1.82, 2.24) is 0 Å². The second kappa shape index (κ2) is 9.39. The lowest BCUT2D eigenvalue weighted by Gasteiger charge is -2.09. The third-order valence-electron chi connectivity index (χ3n) is 4.81. The number of nitriles is 1. The Morgan fingerprint density at radius 2 is 1.58 bits per heavy atom. The molecule has 0 radical (unpaired) electrons. The Labute approximate surface area is 191 Å². The summed E-state index contributed by atoms with van der Waals surface area (Å²) in [5.74, 6) is -0.503. The number of amides is 1. The summed E-state index contributed by atoms with van der Waals surface area (Å²) >= 11 is 0. The highest BCUT2D eigenvalue weighted by Crippen LogP contribution is 2.24. The molecule has 4 aromatic rings. The molecular formula is C26H18N2O4S. The number of hydrogen-bond donors (Lipinski definition) is 1. The van der Waals surface area contributed by atoms with Crippen LogP contribution in [0.1, 0.15) is 5.56 Å². The lowest BCUT2D eigenvalue weighted by Crippen LogP contribution is -2.13. The number of nitrogens with one attached hydrogen (secondary N) is 1. The number of hydrogen-bond acceptors (Lipinski definition) is 5. The van der Waals surface area contributed by atoms with Gasteiger partial charge in [0.1, 0.15) is 22.3 Å². The van der Waals surface area contributed by atoms with E-state index in [0.717, 1.165) is 10.8 Å². The van der Waals surface area contributed by atoms with Crippen LogP contribution in [0.3, 0.4) is 0 Å². The van der Waals surface area contributed by atoms with Crippen molar-refractivity contribution in [3.8, 4) is 11.8 Å². The monoisotopic (exact) mass is 454 g/mol. The van der Waals surface area contributed by atoms with Crippen LogP contribution in [0, 0.1) is 11.3 Å². The van der Waals surface area contributed by atoms with E-state index in [2.05, 4.69) is 5.32 Å². The Balaban J connectivity index is 1.57. The number of carbonyl (C=O) groups is 1. The summed E-state index contributed by atoms with van der Waals surface area (Å²) in [5.41, 5.74) is 0.900. The molecule has 0 unspecified atom stereocenters. The molecule has 7 heteroatoms. The molecule has 6 nitrogen and oxygen atoms in total. The lowest BCUT2D eigenvalue weighted by molar-refractivity contribution is -0.112. The van der Waals surface area contributed by atoms with Crippen molar-refractivity contribution in [3.63, 3.8) is 0 Å². The Morgan fingerprint density at radius 3 is 2.36 bits per heavy atom. The summed E-state index contributed by atoms with van der Waals surface area (Å²) in [6, 6.07) is 28.9. The van der Waals surface area contributed by atoms with Crippen molar-refractivity contribution < 1.29 is 17.4 Å². The minimum atomic E-state index is -4.01. The van der Waals surface area contributed by atoms with E-state index in [1.54, 1.807) is 36.4 Å². The van der Waals surface area contributed by atoms with Gasteiger partial charge in [-0.25, -0.2) is 0 Å². The highest BCUT2D eigenvalue weighted by atomic mass is 32.2. The first-order chi connectivity index (χ1) is 16.0. The van der Waals surface area contributed by atoms with Crippen LogP contribution >= 0.6 is 0 Å². The maximum atomic E-state index is 12.8. The zero-order valence-corrected chi connectivity index (χ0v) is 18.1. The van der Waals surface area contributed by atoms with Crippen LogP contribution < -0.4 is 9.50 Å². The van der Waals surface area contributed by atoms with Crippen LogP contribution in [-0.4, -0.2) is 14.3 Å². The summed E-state index contributed by atoms with van der Waals surface area (Å²) in [4.78, 5) is 12.8. The Hall–Kier alpha value is -4.41. The molecule has 4 rings (SSSR count). The highest BCUT2D eigenvalue weighted by Gasteiger charge is 2.16. The van der Waals surface area contributed by atoms with Gasteiger partial charge in [-0.3, -0.25) is 4.79 Å². The second-order valence-corrected chi connectivity index (χ2v) is 8.62. The normalized spacial score (nSPS) is 11.5. The van der Waals surface area contributed by atoms with E-state index in [1.807, 2.05) is 42.5 Å². The molecule has 0 atom stereocenters. The van der Waals surface area contributed by atoms with E-state index in [-0.39, 0.29) is 16.2 Å². The van der Waals surface area contributed by atoms with E-state index in [0.29, 0.717) is 11.3 Å². The summed E-state index contributed by atoms with van der Waals surface area (Å²) in [5, 5.41) is 14.1. The molecule has 0 heterocycles. The predicted molar refractivity (Wildman–Crippen MR) is 127 cm³/mol. The van der Waals surface area contributed by atoms with Crippen molar-refractivity contribution in [2.45, 2.75) is 4.90 Å². The number of carbonyl (C=O) groups excluding carboxylic acids is 1. The number of anilines is 1. The van der Waals surface area contributed by atoms with E-state index in [9.17, 15) is 18.5 Å². The quantitative estimate of drug-likeness (QED) is 0.247. The summed E-state index contributed by atoms with van der Waals surface area (Å²) in [6.07, 6.45) is 1.38. The molecule has 0 aliphatic carbocycles. The van der Waals surface area contributed by atoms with Gasteiger partial charge in [0.15, 0.2) is 0 Å². The van der Waals surface area contributed by atoms with Crippen LogP contribution in [-0.2, 0) is 14.9 Å². The number of benzene rings is 4. The molecular weight excluding hydrogens is 436 g/mol. The van der Waals surface area contributed by atoms with Crippen molar-refractivity contribution in [1.29, 1.82) is 5.26 Å². The molecule has 0 spiro atoms. The highest BCUT2D eigenvalue weighted by molar-refractivity contribution is 7.87. The van der Waals surface area contributed by atoms with Gasteiger partial charge >= 0.3 is 10.1 Å². The van der Waals surface area contributed by atoms with Gasteiger partial charge in [0.05, 0.1) is 0 Å². The van der Waals surface area contributed by atoms with E-state index < -0.39 is 16.0 Å². The predicted octanol–water partition coefficient (Wildman–Crippen LogP) is 5.15. The zero-order valence-electron chi connectivity index (χ0n) is 17.3. The molecule has 0 aromatic heterocycles. The summed E-state index contributed by atoms with van der Waals surface area (Å²) in [7, 11) is -4.01. The molecule has 4 aromatic carbocycles. The lowest BCUT2D eigenvalue weighted by atomic mass is 10.1. The fourth-order valence-corrected chi connectivity index (χ4v) is 4.20. The minimum Gasteiger partial charge on any atom is -0.379 e. The zero-order chi connectivity index (χ0) is 23.3. The number of fused-ring (bicyclic) bond motifs is 1. The van der Waals surface area contributed by atoms with Gasteiger partial charge in [-0.05, 0) is 47.4 Å². The third-order valence-corrected chi connectivity index (χ3v) is 6.07. The molecule has 0 aliphatic heterocycles. The fourth-order valence-electron chi connectivity index (χ4n) is 3.26. The molecule has 1 N–H and O–H groups in total. The van der Waals surface area contributed by atoms with Crippen molar-refractivity contribution in [3.05, 3.63) is 108 Å². The van der Waals surface area contributed by atoms with Gasteiger partial charge in [-0.1, -0.05) is 66.7 Å². The van der Waals surface area contributed by atoms with Gasteiger partial charge in [0, 0.05) is 11.1 Å². The first-order valence-electron chi connectivity index (χ1n) is 9.97. The SMILES string of the molecule is N#C/C(=C\c1cccc(OS(=O)(=O)c2ccccc2)c1)C(=O)Nc1cccc2ccccc12. The van der Waals surface area contributed by atoms with E-state index in [4.69, 9.17) is 4.18 Å². The smallest absolute Gasteiger partial charge is 0.339 e. The van der Waals surface area contributed by atoms with Crippen molar-refractivity contribution in [2.24, 2.45) is 0 Å². The van der Waals surface area contributed by atoms with Crippen LogP contribution in [0.15, 0.2) is 108 Å². The molecule has 162 valence electrons. The average molecular weight is 455 g/mol. The standard InChI is InChI=1S/C26H18N2O4S/c27-18-21(26(29)28-25-15-7-10-20-9-4-5-14-24(20)25)16-19-8-6-11-22(17-19)32-33(30,31)23-12-2-1-3-13-23/h1-17H,(H,28,29)/b21-16+. The van der Waals surface area contributed by atoms with Gasteiger partial charge in [0.25, 0.3) is 5.91 Å². The van der Waals surface area contributed by atoms with Crippen molar-refractivity contribution in [2.75, 3.05) is 5.32 Å². The molecule has 0 aliphatic rings. The first kappa shape index (κ1) is 21.8. The van der Waals surface area contributed by atoms with Gasteiger partial charge < -0.3 is 9.50 Å². The molecule has 1 amide bonds. The van der Waals surface area contributed by atoms with E-state index in [1.165, 1.54) is 30.3 Å². The Morgan fingerprint density at radius 1 is 0.879 bits per heavy atom. The second-order valence-electron chi connectivity index (χ2n) is 7.07. The summed E-state index contributed by atoms with van der Waals surface area (Å²) < 4.78 is 30.1. The van der Waals surface area contributed by atoms with E-state index >= 15 is 0 Å². The Bertz CT molecular complexity index is 1500. The van der Waals surface area contributed by atoms with Gasteiger partial charge in [-0.2, -0.15) is 13.7 Å². The fraction of sp³-hybridized carbons (Fsp3) is 0. The van der Waals surface area contributed by atoms with Crippen LogP contribution in [0.25, 0.3) is 16.8 Å². The first-order valence-corrected chi connectivity index (χ1v) is 11.4. The third kappa shape index (κ3) is 5.09. The summed E-state index contributed by atoms with van der Waals surface area (Å²) in [6.45, 7) is 0. The number of nitrogens with zero attached hydrogens (tertiary/aromatic N) is 1. The maximum absolute atomic E-state index is 12.8. The largest absolute Gasteiger partial charge is 0.379 e. The van der Waals surface area contributed by atoms with Crippen molar-refractivity contribution >= 4 is 38.6 Å². The van der Waals surface area contributed by atoms with Gasteiger partial charge in [-0.15, -0.1) is 0 Å². The molecule has 0 saturated heterocycles. The maximum Gasteiger partial charge on any atom is 0.339 e. The average Bonchev–Trinajstić information content (AvgIpc) is 2.83. The molecule has 0 bridgehead atoms.